The topological polar surface area (TPSA) is 159 Å². The zero-order valence-electron chi connectivity index (χ0n) is 24.7. The molecule has 2 spiro atoms. The van der Waals surface area contributed by atoms with Gasteiger partial charge in [0.05, 0.1) is 41.5 Å². The molecule has 39 heavy (non-hydrogen) atoms. The van der Waals surface area contributed by atoms with E-state index in [2.05, 4.69) is 13.8 Å². The van der Waals surface area contributed by atoms with Gasteiger partial charge in [-0.25, -0.2) is 0 Å². The van der Waals surface area contributed by atoms with Crippen LogP contribution >= 0.6 is 0 Å². The van der Waals surface area contributed by atoms with Gasteiger partial charge >= 0.3 is 5.97 Å². The number of carboxylic acid groups (broad SMARTS) is 1. The van der Waals surface area contributed by atoms with E-state index in [1.807, 2.05) is 13.8 Å². The summed E-state index contributed by atoms with van der Waals surface area (Å²) in [6.45, 7) is 11.2. The first-order valence-corrected chi connectivity index (χ1v) is 15.2. The van der Waals surface area contributed by atoms with Crippen LogP contribution in [-0.2, 0) is 4.79 Å². The Morgan fingerprint density at radius 1 is 0.949 bits per heavy atom. The molecule has 0 heterocycles. The Morgan fingerprint density at radius 2 is 1.56 bits per heavy atom. The fraction of sp³-hybridized carbons (Fsp3) is 0.968. The van der Waals surface area contributed by atoms with Gasteiger partial charge in [0.15, 0.2) is 0 Å². The molecule has 5 saturated carbocycles. The van der Waals surface area contributed by atoms with E-state index in [9.17, 15) is 40.5 Å². The summed E-state index contributed by atoms with van der Waals surface area (Å²) in [5.74, 6) is -1.72. The first kappa shape index (κ1) is 29.7. The van der Waals surface area contributed by atoms with E-state index in [1.165, 1.54) is 0 Å². The third kappa shape index (κ3) is 3.42. The number of hydrogen-bond acceptors (Lipinski definition) is 7. The van der Waals surface area contributed by atoms with Gasteiger partial charge in [-0.2, -0.15) is 0 Å². The van der Waals surface area contributed by atoms with E-state index in [4.69, 9.17) is 0 Å². The van der Waals surface area contributed by atoms with E-state index in [0.29, 0.717) is 12.8 Å². The minimum absolute atomic E-state index is 0.0747. The molecule has 5 rings (SSSR count). The van der Waals surface area contributed by atoms with Crippen molar-refractivity contribution in [2.45, 2.75) is 129 Å². The van der Waals surface area contributed by atoms with Crippen LogP contribution in [0.2, 0.25) is 0 Å². The number of carboxylic acids is 1. The summed E-state index contributed by atoms with van der Waals surface area (Å²) in [6.07, 6.45) is 2.21. The highest BCUT2D eigenvalue weighted by Gasteiger charge is 2.86. The fourth-order valence-corrected chi connectivity index (χ4v) is 11.7. The number of fused-ring (bicyclic) bond motifs is 2. The van der Waals surface area contributed by atoms with Crippen LogP contribution in [0.3, 0.4) is 0 Å². The molecule has 0 aromatic rings. The molecule has 0 bridgehead atoms. The van der Waals surface area contributed by atoms with Crippen LogP contribution in [0.25, 0.3) is 0 Å². The first-order chi connectivity index (χ1) is 17.8. The monoisotopic (exact) mass is 552 g/mol. The van der Waals surface area contributed by atoms with Crippen molar-refractivity contribution in [1.29, 1.82) is 0 Å². The average molecular weight is 553 g/mol. The lowest BCUT2D eigenvalue weighted by Gasteiger charge is -2.63. The number of aliphatic carboxylic acids is 1. The maximum atomic E-state index is 12.5. The maximum Gasteiger partial charge on any atom is 0.312 e. The van der Waals surface area contributed by atoms with Gasteiger partial charge in [0.2, 0.25) is 0 Å². The molecule has 8 heteroatoms. The smallest absolute Gasteiger partial charge is 0.312 e. The lowest BCUT2D eigenvalue weighted by molar-refractivity contribution is -0.214. The van der Waals surface area contributed by atoms with Gasteiger partial charge in [-0.05, 0) is 99.2 Å². The van der Waals surface area contributed by atoms with Crippen molar-refractivity contribution in [2.75, 3.05) is 6.61 Å². The minimum Gasteiger partial charge on any atom is -0.481 e. The van der Waals surface area contributed by atoms with E-state index < -0.39 is 57.6 Å². The molecule has 0 unspecified atom stereocenters. The number of carbonyl (C=O) groups is 1. The zero-order chi connectivity index (χ0) is 29.2. The average Bonchev–Trinajstić information content (AvgIpc) is 3.48. The molecule has 13 atom stereocenters. The van der Waals surface area contributed by atoms with Crippen molar-refractivity contribution in [3.8, 4) is 0 Å². The van der Waals surface area contributed by atoms with Gasteiger partial charge < -0.3 is 35.7 Å². The Morgan fingerprint density at radius 3 is 2.13 bits per heavy atom. The molecule has 7 N–H and O–H groups in total. The second-order valence-electron chi connectivity index (χ2n) is 15.8. The van der Waals surface area contributed by atoms with Gasteiger partial charge in [0.25, 0.3) is 0 Å². The predicted octanol–water partition coefficient (Wildman–Crippen LogP) is 2.70. The lowest BCUT2D eigenvalue weighted by atomic mass is 9.41. The van der Waals surface area contributed by atoms with Crippen LogP contribution in [0.5, 0.6) is 0 Å². The Hall–Kier alpha value is -0.770. The molecule has 0 amide bonds. The largest absolute Gasteiger partial charge is 0.481 e. The Kier molecular flexibility index (Phi) is 6.58. The summed E-state index contributed by atoms with van der Waals surface area (Å²) >= 11 is 0. The molecule has 224 valence electrons. The minimum atomic E-state index is -1.30. The lowest BCUT2D eigenvalue weighted by Crippen LogP contribution is -2.64. The molecular formula is C31H52O8. The normalized spacial score (nSPS) is 53.6. The van der Waals surface area contributed by atoms with E-state index in [-0.39, 0.29) is 54.5 Å². The Balaban J connectivity index is 1.48. The molecule has 5 fully saturated rings. The van der Waals surface area contributed by atoms with Crippen molar-refractivity contribution in [3.63, 3.8) is 0 Å². The van der Waals surface area contributed by atoms with Crippen molar-refractivity contribution in [1.82, 2.24) is 0 Å². The van der Waals surface area contributed by atoms with Gasteiger partial charge in [-0.1, -0.05) is 27.7 Å². The van der Waals surface area contributed by atoms with Crippen molar-refractivity contribution in [2.24, 2.45) is 50.7 Å². The molecule has 0 aromatic carbocycles. The summed E-state index contributed by atoms with van der Waals surface area (Å²) in [7, 11) is 0. The van der Waals surface area contributed by atoms with Crippen LogP contribution in [0.15, 0.2) is 0 Å². The van der Waals surface area contributed by atoms with Gasteiger partial charge in [-0.15, -0.1) is 0 Å². The van der Waals surface area contributed by atoms with Gasteiger partial charge in [0, 0.05) is 17.8 Å². The summed E-state index contributed by atoms with van der Waals surface area (Å²) in [5, 5.41) is 76.9. The highest BCUT2D eigenvalue weighted by atomic mass is 16.4. The zero-order valence-corrected chi connectivity index (χ0v) is 24.7. The summed E-state index contributed by atoms with van der Waals surface area (Å²) in [6, 6.07) is 0. The highest BCUT2D eigenvalue weighted by Crippen LogP contribution is 2.89. The molecule has 0 saturated heterocycles. The van der Waals surface area contributed by atoms with Crippen LogP contribution in [0.1, 0.15) is 99.3 Å². The molecule has 0 aromatic heterocycles. The molecule has 5 aliphatic rings. The van der Waals surface area contributed by atoms with Crippen LogP contribution in [-0.4, -0.2) is 77.8 Å². The number of hydrogen-bond donors (Lipinski definition) is 7. The molecule has 0 aliphatic heterocycles. The van der Waals surface area contributed by atoms with Crippen LogP contribution < -0.4 is 0 Å². The van der Waals surface area contributed by atoms with E-state index in [0.717, 1.165) is 25.7 Å². The predicted molar refractivity (Wildman–Crippen MR) is 144 cm³/mol. The standard InChI is InChI=1S/C31H52O8/c1-17(2)30(39,16-32)12-10-27(5,38)23-18(33)14-26(4)19-7-8-20-28(6,24(36)37)21(34)13-22(35)31(20)15-29(19,31)11-9-25(23,26)3/h17-23,32-35,38-39H,7-16H2,1-6H3,(H,36,37)/t18-,19-,20-,21-,22-,23-,25+,26-,27-,28-,29-,30+,31+/m0/s1. The number of aliphatic hydroxyl groups is 6. The summed E-state index contributed by atoms with van der Waals surface area (Å²) in [4.78, 5) is 12.5. The second kappa shape index (κ2) is 8.63. The van der Waals surface area contributed by atoms with Gasteiger partial charge in [-0.3, -0.25) is 4.79 Å². The summed E-state index contributed by atoms with van der Waals surface area (Å²) < 4.78 is 0. The molecular weight excluding hydrogens is 500 g/mol. The fourth-order valence-electron chi connectivity index (χ4n) is 11.7. The van der Waals surface area contributed by atoms with Gasteiger partial charge in [0.1, 0.15) is 0 Å². The third-order valence-electron chi connectivity index (χ3n) is 14.3. The maximum absolute atomic E-state index is 12.5. The van der Waals surface area contributed by atoms with E-state index in [1.54, 1.807) is 13.8 Å². The quantitative estimate of drug-likeness (QED) is 0.254. The van der Waals surface area contributed by atoms with Crippen molar-refractivity contribution in [3.05, 3.63) is 0 Å². The molecule has 0 radical (unpaired) electrons. The number of aliphatic hydroxyl groups excluding tert-OH is 4. The van der Waals surface area contributed by atoms with Crippen molar-refractivity contribution < 1.29 is 40.5 Å². The number of rotatable bonds is 7. The third-order valence-corrected chi connectivity index (χ3v) is 14.3. The highest BCUT2D eigenvalue weighted by molar-refractivity contribution is 5.76. The van der Waals surface area contributed by atoms with Crippen LogP contribution in [0, 0.1) is 50.7 Å². The first-order valence-electron chi connectivity index (χ1n) is 15.2. The summed E-state index contributed by atoms with van der Waals surface area (Å²) in [5.41, 5.74) is -5.34. The Bertz CT molecular complexity index is 1010. The molecule has 8 nitrogen and oxygen atoms in total. The van der Waals surface area contributed by atoms with E-state index >= 15 is 0 Å². The Labute approximate surface area is 232 Å². The SMILES string of the molecule is CC(C)[C@](O)(CO)CC[C@](C)(O)[C@H]1[C@@H](O)C[C@@]2(C)[C@@H]3CC[C@H]4[C@](C)(C(=O)O)[C@@H](O)C[C@H](O)[C@@]45C[C@@]35CC[C@]12C. The van der Waals surface area contributed by atoms with Crippen molar-refractivity contribution >= 4 is 5.97 Å². The second-order valence-corrected chi connectivity index (χ2v) is 15.8. The molecule has 5 aliphatic carbocycles. The van der Waals surface area contributed by atoms with Crippen LogP contribution in [0.4, 0.5) is 0 Å².